The molecule has 0 aliphatic carbocycles. The van der Waals surface area contributed by atoms with Gasteiger partial charge in [0.05, 0.1) is 27.5 Å². The first kappa shape index (κ1) is 15.6. The van der Waals surface area contributed by atoms with Crippen LogP contribution in [0.3, 0.4) is 0 Å². The Kier molecular flexibility index (Phi) is 4.77. The lowest BCUT2D eigenvalue weighted by Gasteiger charge is -2.13. The van der Waals surface area contributed by atoms with E-state index in [-0.39, 0.29) is 5.78 Å². The molecule has 7 heteroatoms. The van der Waals surface area contributed by atoms with Crippen molar-refractivity contribution in [2.45, 2.75) is 0 Å². The van der Waals surface area contributed by atoms with Crippen LogP contribution in [0, 0.1) is 0 Å². The molecule has 22 heavy (non-hydrogen) atoms. The molecule has 0 aliphatic heterocycles. The number of methoxy groups -OCH3 is 3. The Labute approximate surface area is 128 Å². The smallest absolute Gasteiger partial charge is 0.205 e. The van der Waals surface area contributed by atoms with Crippen LogP contribution in [0.5, 0.6) is 17.2 Å². The number of ketones is 1. The van der Waals surface area contributed by atoms with E-state index in [1.54, 1.807) is 32.4 Å². The van der Waals surface area contributed by atoms with E-state index in [1.807, 2.05) is 0 Å². The minimum atomic E-state index is -0.204. The lowest BCUT2D eigenvalue weighted by Crippen LogP contribution is -2.04. The summed E-state index contributed by atoms with van der Waals surface area (Å²) in [7, 11) is 6.26. The van der Waals surface area contributed by atoms with Crippen molar-refractivity contribution < 1.29 is 19.0 Å². The summed E-state index contributed by atoms with van der Waals surface area (Å²) >= 11 is 0. The molecule has 0 saturated heterocycles. The third-order valence-corrected chi connectivity index (χ3v) is 3.12. The van der Waals surface area contributed by atoms with Crippen molar-refractivity contribution in [1.82, 2.24) is 15.0 Å². The molecule has 1 aromatic carbocycles. The number of hydrogen-bond donors (Lipinski definition) is 0. The maximum absolute atomic E-state index is 12.1. The zero-order valence-corrected chi connectivity index (χ0v) is 12.9. The molecule has 0 aliphatic rings. The van der Waals surface area contributed by atoms with Crippen LogP contribution < -0.4 is 14.2 Å². The molecule has 0 bridgehead atoms. The Morgan fingerprint density at radius 2 is 1.86 bits per heavy atom. The SMILES string of the molecule is COc1ccc(C=CC(=O)c2cnnn2C)c(OC)c1OC. The Morgan fingerprint density at radius 1 is 1.14 bits per heavy atom. The summed E-state index contributed by atoms with van der Waals surface area (Å²) in [5, 5.41) is 7.41. The van der Waals surface area contributed by atoms with Gasteiger partial charge in [-0.05, 0) is 24.3 Å². The molecule has 2 rings (SSSR count). The number of hydrogen-bond acceptors (Lipinski definition) is 6. The van der Waals surface area contributed by atoms with E-state index in [0.717, 1.165) is 0 Å². The number of ether oxygens (including phenoxy) is 3. The average Bonchev–Trinajstić information content (AvgIpc) is 2.97. The summed E-state index contributed by atoms with van der Waals surface area (Å²) in [6, 6.07) is 3.53. The van der Waals surface area contributed by atoms with Gasteiger partial charge < -0.3 is 14.2 Å². The Bertz CT molecular complexity index is 707. The van der Waals surface area contributed by atoms with Crippen LogP contribution in [0.2, 0.25) is 0 Å². The second-order valence-corrected chi connectivity index (χ2v) is 4.36. The quantitative estimate of drug-likeness (QED) is 0.597. The van der Waals surface area contributed by atoms with Crippen molar-refractivity contribution in [2.24, 2.45) is 7.05 Å². The van der Waals surface area contributed by atoms with Gasteiger partial charge >= 0.3 is 0 Å². The highest BCUT2D eigenvalue weighted by atomic mass is 16.5. The van der Waals surface area contributed by atoms with Gasteiger partial charge in [-0.3, -0.25) is 4.79 Å². The molecule has 0 saturated carbocycles. The van der Waals surface area contributed by atoms with Crippen LogP contribution in [0.4, 0.5) is 0 Å². The number of carbonyl (C=O) groups is 1. The molecule has 1 heterocycles. The normalized spacial score (nSPS) is 10.7. The first-order valence-electron chi connectivity index (χ1n) is 6.48. The molecule has 1 aromatic heterocycles. The van der Waals surface area contributed by atoms with Gasteiger partial charge in [0.1, 0.15) is 5.69 Å². The lowest BCUT2D eigenvalue weighted by atomic mass is 10.1. The van der Waals surface area contributed by atoms with E-state index < -0.39 is 0 Å². The zero-order chi connectivity index (χ0) is 16.1. The summed E-state index contributed by atoms with van der Waals surface area (Å²) < 4.78 is 17.3. The summed E-state index contributed by atoms with van der Waals surface area (Å²) in [4.78, 5) is 12.1. The third kappa shape index (κ3) is 2.93. The molecule has 0 N–H and O–H groups in total. The van der Waals surface area contributed by atoms with Gasteiger partial charge in [0.25, 0.3) is 0 Å². The van der Waals surface area contributed by atoms with Gasteiger partial charge in [-0.1, -0.05) is 5.21 Å². The van der Waals surface area contributed by atoms with Crippen LogP contribution in [0.1, 0.15) is 16.1 Å². The second kappa shape index (κ2) is 6.75. The standard InChI is InChI=1S/C15H17N3O4/c1-18-11(9-16-17-18)12(19)7-5-10-6-8-13(20-2)15(22-4)14(10)21-3/h5-9H,1-4H3. The predicted octanol–water partition coefficient (Wildman–Crippen LogP) is 1.74. The highest BCUT2D eigenvalue weighted by Crippen LogP contribution is 2.40. The maximum atomic E-state index is 12.1. The fourth-order valence-corrected chi connectivity index (χ4v) is 2.02. The van der Waals surface area contributed by atoms with E-state index in [4.69, 9.17) is 14.2 Å². The lowest BCUT2D eigenvalue weighted by molar-refractivity contribution is 0.103. The molecule has 0 unspecified atom stereocenters. The fraction of sp³-hybridized carbons (Fsp3) is 0.267. The van der Waals surface area contributed by atoms with Crippen molar-refractivity contribution in [3.8, 4) is 17.2 Å². The second-order valence-electron chi connectivity index (χ2n) is 4.36. The molecule has 0 spiro atoms. The van der Waals surface area contributed by atoms with Crippen molar-refractivity contribution in [1.29, 1.82) is 0 Å². The molecule has 2 aromatic rings. The van der Waals surface area contributed by atoms with Crippen molar-refractivity contribution in [3.05, 3.63) is 35.7 Å². The average molecular weight is 303 g/mol. The number of nitrogens with zero attached hydrogens (tertiary/aromatic N) is 3. The van der Waals surface area contributed by atoms with Crippen molar-refractivity contribution in [3.63, 3.8) is 0 Å². The summed E-state index contributed by atoms with van der Waals surface area (Å²) in [5.41, 5.74) is 1.10. The Hall–Kier alpha value is -2.83. The molecule has 7 nitrogen and oxygen atoms in total. The van der Waals surface area contributed by atoms with E-state index >= 15 is 0 Å². The van der Waals surface area contributed by atoms with Gasteiger partial charge in [0, 0.05) is 12.6 Å². The van der Waals surface area contributed by atoms with Crippen molar-refractivity contribution in [2.75, 3.05) is 21.3 Å². The highest BCUT2D eigenvalue weighted by Gasteiger charge is 2.15. The molecule has 0 atom stereocenters. The van der Waals surface area contributed by atoms with Gasteiger partial charge in [-0.25, -0.2) is 4.68 Å². The molecular formula is C15H17N3O4. The molecule has 0 fully saturated rings. The number of aryl methyl sites for hydroxylation is 1. The Morgan fingerprint density at radius 3 is 2.41 bits per heavy atom. The first-order chi connectivity index (χ1) is 10.6. The van der Waals surface area contributed by atoms with Crippen molar-refractivity contribution >= 4 is 11.9 Å². The van der Waals surface area contributed by atoms with Crippen LogP contribution in [0.25, 0.3) is 6.08 Å². The number of aromatic nitrogens is 3. The topological polar surface area (TPSA) is 75.5 Å². The van der Waals surface area contributed by atoms with Gasteiger partial charge in [0.15, 0.2) is 11.5 Å². The molecule has 116 valence electrons. The minimum absolute atomic E-state index is 0.204. The van der Waals surface area contributed by atoms with Gasteiger partial charge in [-0.2, -0.15) is 0 Å². The third-order valence-electron chi connectivity index (χ3n) is 3.12. The maximum Gasteiger partial charge on any atom is 0.205 e. The van der Waals surface area contributed by atoms with Gasteiger partial charge in [-0.15, -0.1) is 5.10 Å². The van der Waals surface area contributed by atoms with Gasteiger partial charge in [0.2, 0.25) is 11.5 Å². The van der Waals surface area contributed by atoms with Crippen LogP contribution in [-0.4, -0.2) is 42.1 Å². The van der Waals surface area contributed by atoms with E-state index in [1.165, 1.54) is 31.2 Å². The number of carbonyl (C=O) groups excluding carboxylic acids is 1. The predicted molar refractivity (Wildman–Crippen MR) is 80.5 cm³/mol. The van der Waals surface area contributed by atoms with E-state index in [0.29, 0.717) is 28.5 Å². The molecule has 0 radical (unpaired) electrons. The Balaban J connectivity index is 2.35. The summed E-state index contributed by atoms with van der Waals surface area (Å²) in [6.45, 7) is 0. The first-order valence-corrected chi connectivity index (χ1v) is 6.48. The monoisotopic (exact) mass is 303 g/mol. The summed E-state index contributed by atoms with van der Waals surface area (Å²) in [6.07, 6.45) is 4.50. The zero-order valence-electron chi connectivity index (χ0n) is 12.9. The largest absolute Gasteiger partial charge is 0.493 e. The minimum Gasteiger partial charge on any atom is -0.493 e. The van der Waals surface area contributed by atoms with Crippen LogP contribution in [-0.2, 0) is 7.05 Å². The highest BCUT2D eigenvalue weighted by molar-refractivity contribution is 6.05. The number of rotatable bonds is 6. The van der Waals surface area contributed by atoms with E-state index in [2.05, 4.69) is 10.3 Å². The molecule has 0 amide bonds. The van der Waals surface area contributed by atoms with Crippen LogP contribution >= 0.6 is 0 Å². The molecular weight excluding hydrogens is 286 g/mol. The van der Waals surface area contributed by atoms with E-state index in [9.17, 15) is 4.79 Å². The number of benzene rings is 1. The summed E-state index contributed by atoms with van der Waals surface area (Å²) in [5.74, 6) is 1.32. The van der Waals surface area contributed by atoms with Crippen LogP contribution in [0.15, 0.2) is 24.4 Å². The number of allylic oxidation sites excluding steroid dienone is 1. The fourth-order valence-electron chi connectivity index (χ4n) is 2.02.